The maximum Gasteiger partial charge on any atom is 0.153 e. The first-order chi connectivity index (χ1) is 12.2. The molecular weight excluding hydrogens is 321 g/mol. The van der Waals surface area contributed by atoms with Crippen molar-refractivity contribution < 1.29 is 9.13 Å². The molecule has 0 saturated carbocycles. The summed E-state index contributed by atoms with van der Waals surface area (Å²) < 4.78 is 19.6. The number of hydrogen-bond donors (Lipinski definition) is 3. The molecule has 2 aliphatic rings. The summed E-state index contributed by atoms with van der Waals surface area (Å²) in [5.74, 6) is 1.21. The molecule has 7 heteroatoms. The fraction of sp³-hybridized carbons (Fsp3) is 0.333. The lowest BCUT2D eigenvalue weighted by Gasteiger charge is -2.27. The Balaban J connectivity index is 1.68. The van der Waals surface area contributed by atoms with Crippen molar-refractivity contribution in [3.05, 3.63) is 47.7 Å². The Morgan fingerprint density at radius 2 is 2.20 bits per heavy atom. The predicted molar refractivity (Wildman–Crippen MR) is 95.0 cm³/mol. The highest BCUT2D eigenvalue weighted by atomic mass is 19.1. The largest absolute Gasteiger partial charge is 0.493 e. The summed E-state index contributed by atoms with van der Waals surface area (Å²) in [4.78, 5) is 8.63. The van der Waals surface area contributed by atoms with Crippen LogP contribution in [0.4, 0.5) is 15.9 Å². The molecule has 0 aliphatic carbocycles. The second-order valence-electron chi connectivity index (χ2n) is 6.16. The van der Waals surface area contributed by atoms with E-state index in [1.807, 2.05) is 19.1 Å². The molecule has 2 aromatic rings. The molecular formula is C18H20FN5O. The fourth-order valence-corrected chi connectivity index (χ4v) is 3.10. The van der Waals surface area contributed by atoms with Crippen LogP contribution in [0.25, 0.3) is 6.08 Å². The van der Waals surface area contributed by atoms with Crippen molar-refractivity contribution >= 4 is 17.6 Å². The van der Waals surface area contributed by atoms with E-state index in [0.29, 0.717) is 12.4 Å². The Bertz CT molecular complexity index is 810. The first-order valence-corrected chi connectivity index (χ1v) is 8.42. The molecule has 2 bridgehead atoms. The topological polar surface area (TPSA) is 71.1 Å². The zero-order valence-electron chi connectivity index (χ0n) is 13.9. The normalized spacial score (nSPS) is 22.2. The van der Waals surface area contributed by atoms with Gasteiger partial charge in [-0.05, 0) is 43.7 Å². The van der Waals surface area contributed by atoms with Gasteiger partial charge in [-0.3, -0.25) is 5.32 Å². The van der Waals surface area contributed by atoms with E-state index in [4.69, 9.17) is 4.74 Å². The number of nitrogens with zero attached hydrogens (tertiary/aromatic N) is 2. The van der Waals surface area contributed by atoms with E-state index in [0.717, 1.165) is 35.7 Å². The fourth-order valence-electron chi connectivity index (χ4n) is 3.10. The molecule has 3 N–H and O–H groups in total. The number of aromatic nitrogens is 2. The van der Waals surface area contributed by atoms with Gasteiger partial charge < -0.3 is 15.4 Å². The van der Waals surface area contributed by atoms with Crippen LogP contribution in [-0.4, -0.2) is 29.3 Å². The van der Waals surface area contributed by atoms with Crippen LogP contribution in [0, 0.1) is 5.82 Å². The first-order valence-electron chi connectivity index (χ1n) is 8.42. The van der Waals surface area contributed by atoms with E-state index >= 15 is 0 Å². The number of anilines is 2. The first kappa shape index (κ1) is 15.8. The van der Waals surface area contributed by atoms with Gasteiger partial charge in [-0.1, -0.05) is 0 Å². The lowest BCUT2D eigenvalue weighted by atomic mass is 10.1. The number of hydrogen-bond acceptors (Lipinski definition) is 6. The van der Waals surface area contributed by atoms with Crippen molar-refractivity contribution in [2.24, 2.45) is 0 Å². The molecule has 1 aromatic heterocycles. The molecule has 2 atom stereocenters. The summed E-state index contributed by atoms with van der Waals surface area (Å²) in [5.41, 5.74) is 2.52. The van der Waals surface area contributed by atoms with Crippen LogP contribution >= 0.6 is 0 Å². The number of nitrogens with one attached hydrogen (secondary N) is 3. The van der Waals surface area contributed by atoms with Crippen LogP contribution in [0.15, 0.2) is 30.6 Å². The molecule has 0 radical (unpaired) electrons. The quantitative estimate of drug-likeness (QED) is 0.684. The molecule has 0 amide bonds. The van der Waals surface area contributed by atoms with Gasteiger partial charge in [-0.15, -0.1) is 0 Å². The second kappa shape index (κ2) is 6.68. The van der Waals surface area contributed by atoms with E-state index in [9.17, 15) is 4.39 Å². The minimum absolute atomic E-state index is 0.101. The monoisotopic (exact) mass is 341 g/mol. The van der Waals surface area contributed by atoms with E-state index < -0.39 is 0 Å². The number of benzene rings is 1. The van der Waals surface area contributed by atoms with Crippen LogP contribution < -0.4 is 20.7 Å². The molecule has 1 unspecified atom stereocenters. The van der Waals surface area contributed by atoms with Gasteiger partial charge in [0.25, 0.3) is 0 Å². The number of ether oxygens (including phenoxy) is 1. The Morgan fingerprint density at radius 1 is 1.28 bits per heavy atom. The standard InChI is InChI=1S/C18H20FN5O/c1-11-13-9-12(19)3-5-15(13)25-8-2-7-20-18-17-14(21-10-22-18)4-6-16(23-11)24-17/h3-6,9-11,16,23-24H,2,7-8H2,1H3,(H,20,21,22)/t11-,16?/m1/s1. The van der Waals surface area contributed by atoms with Gasteiger partial charge in [-0.25, -0.2) is 14.4 Å². The highest BCUT2D eigenvalue weighted by molar-refractivity contribution is 5.77. The lowest BCUT2D eigenvalue weighted by molar-refractivity contribution is 0.307. The third-order valence-corrected chi connectivity index (χ3v) is 4.36. The zero-order valence-corrected chi connectivity index (χ0v) is 13.9. The van der Waals surface area contributed by atoms with Crippen molar-refractivity contribution in [2.45, 2.75) is 25.6 Å². The third-order valence-electron chi connectivity index (χ3n) is 4.36. The summed E-state index contributed by atoms with van der Waals surface area (Å²) >= 11 is 0. The average molecular weight is 341 g/mol. The van der Waals surface area contributed by atoms with Crippen molar-refractivity contribution in [3.63, 3.8) is 0 Å². The van der Waals surface area contributed by atoms with Crippen LogP contribution in [-0.2, 0) is 0 Å². The molecule has 0 fully saturated rings. The highest BCUT2D eigenvalue weighted by Gasteiger charge is 2.21. The number of rotatable bonds is 0. The SMILES string of the molecule is C[C@H]1NC2C=Cc3ncnc(c3N2)NCCCOc2ccc(F)cc21. The highest BCUT2D eigenvalue weighted by Crippen LogP contribution is 2.30. The van der Waals surface area contributed by atoms with Gasteiger partial charge in [0.15, 0.2) is 5.82 Å². The summed E-state index contributed by atoms with van der Waals surface area (Å²) in [6, 6.07) is 4.55. The minimum atomic E-state index is -0.268. The summed E-state index contributed by atoms with van der Waals surface area (Å²) in [5, 5.41) is 10.2. The molecule has 4 rings (SSSR count). The maximum absolute atomic E-state index is 13.7. The summed E-state index contributed by atoms with van der Waals surface area (Å²) in [6.07, 6.45) is 6.19. The zero-order chi connectivity index (χ0) is 17.2. The predicted octanol–water partition coefficient (Wildman–Crippen LogP) is 2.93. The van der Waals surface area contributed by atoms with Gasteiger partial charge in [0, 0.05) is 18.2 Å². The lowest BCUT2D eigenvalue weighted by Crippen LogP contribution is -2.38. The third kappa shape index (κ3) is 3.28. The van der Waals surface area contributed by atoms with Crippen LogP contribution in [0.3, 0.4) is 0 Å². The number of fused-ring (bicyclic) bond motifs is 2. The Hall–Kier alpha value is -2.67. The van der Waals surface area contributed by atoms with Gasteiger partial charge >= 0.3 is 0 Å². The van der Waals surface area contributed by atoms with Crippen LogP contribution in [0.2, 0.25) is 0 Å². The summed E-state index contributed by atoms with van der Waals surface area (Å²) in [6.45, 7) is 3.26. The van der Waals surface area contributed by atoms with Gasteiger partial charge in [0.1, 0.15) is 23.6 Å². The van der Waals surface area contributed by atoms with Gasteiger partial charge in [0.2, 0.25) is 0 Å². The van der Waals surface area contributed by atoms with Gasteiger partial charge in [0.05, 0.1) is 18.5 Å². The Kier molecular flexibility index (Phi) is 4.23. The molecule has 0 spiro atoms. The van der Waals surface area contributed by atoms with E-state index in [1.165, 1.54) is 12.1 Å². The summed E-state index contributed by atoms with van der Waals surface area (Å²) in [7, 11) is 0. The Morgan fingerprint density at radius 3 is 3.12 bits per heavy atom. The van der Waals surface area contributed by atoms with E-state index in [-0.39, 0.29) is 18.0 Å². The van der Waals surface area contributed by atoms with E-state index in [2.05, 4.69) is 25.9 Å². The average Bonchev–Trinajstić information content (AvgIpc) is 2.63. The van der Waals surface area contributed by atoms with Crippen molar-refractivity contribution in [2.75, 3.05) is 23.8 Å². The smallest absolute Gasteiger partial charge is 0.153 e. The molecule has 130 valence electrons. The van der Waals surface area contributed by atoms with E-state index in [1.54, 1.807) is 12.4 Å². The molecule has 6 nitrogen and oxygen atoms in total. The molecule has 2 aliphatic heterocycles. The molecule has 1 aromatic carbocycles. The second-order valence-corrected chi connectivity index (χ2v) is 6.16. The van der Waals surface area contributed by atoms with Crippen LogP contribution in [0.1, 0.15) is 30.6 Å². The van der Waals surface area contributed by atoms with Crippen molar-refractivity contribution in [1.82, 2.24) is 15.3 Å². The minimum Gasteiger partial charge on any atom is -0.493 e. The maximum atomic E-state index is 13.7. The van der Waals surface area contributed by atoms with Crippen LogP contribution in [0.5, 0.6) is 5.75 Å². The Labute approximate surface area is 145 Å². The molecule has 3 heterocycles. The number of halogens is 1. The van der Waals surface area contributed by atoms with Gasteiger partial charge in [-0.2, -0.15) is 0 Å². The van der Waals surface area contributed by atoms with Crippen molar-refractivity contribution in [3.8, 4) is 5.75 Å². The molecule has 25 heavy (non-hydrogen) atoms. The van der Waals surface area contributed by atoms with Crippen molar-refractivity contribution in [1.29, 1.82) is 0 Å². The molecule has 0 saturated heterocycles.